The summed E-state index contributed by atoms with van der Waals surface area (Å²) >= 11 is 2.25. The van der Waals surface area contributed by atoms with Crippen molar-refractivity contribution in [3.63, 3.8) is 0 Å². The van der Waals surface area contributed by atoms with Crippen LogP contribution in [-0.2, 0) is 4.74 Å². The van der Waals surface area contributed by atoms with Gasteiger partial charge in [-0.1, -0.05) is 17.7 Å². The summed E-state index contributed by atoms with van der Waals surface area (Å²) in [6.07, 6.45) is -0.457. The van der Waals surface area contributed by atoms with E-state index in [9.17, 15) is 4.79 Å². The molecule has 0 aliphatic carbocycles. The van der Waals surface area contributed by atoms with E-state index in [-0.39, 0.29) is 12.2 Å². The molecule has 1 fully saturated rings. The summed E-state index contributed by atoms with van der Waals surface area (Å²) in [6.45, 7) is 2.60. The fourth-order valence-electron chi connectivity index (χ4n) is 1.47. The Kier molecular flexibility index (Phi) is 2.62. The summed E-state index contributed by atoms with van der Waals surface area (Å²) in [5, 5.41) is 2.65. The van der Waals surface area contributed by atoms with Crippen LogP contribution in [0.3, 0.4) is 0 Å². The van der Waals surface area contributed by atoms with Gasteiger partial charge in [-0.15, -0.1) is 0 Å². The van der Waals surface area contributed by atoms with Crippen molar-refractivity contribution in [1.29, 1.82) is 0 Å². The topological polar surface area (TPSA) is 38.3 Å². The van der Waals surface area contributed by atoms with Crippen LogP contribution in [0.4, 0.5) is 4.79 Å². The van der Waals surface area contributed by atoms with Gasteiger partial charge in [0.15, 0.2) is 0 Å². The first-order valence-electron chi connectivity index (χ1n) is 4.37. The third-order valence-corrected chi connectivity index (χ3v) is 3.16. The Morgan fingerprint density at radius 1 is 1.57 bits per heavy atom. The van der Waals surface area contributed by atoms with Crippen LogP contribution in [0.1, 0.15) is 17.2 Å². The second-order valence-corrected chi connectivity index (χ2v) is 4.46. The Balaban J connectivity index is 2.31. The summed E-state index contributed by atoms with van der Waals surface area (Å²) in [4.78, 5) is 10.9. The standard InChI is InChI=1S/C10H10INO2/c1-6-2-3-8(11)7(4-6)9-5-12-10(13)14-9/h2-4,9H,5H2,1H3,(H,12,13). The number of halogens is 1. The summed E-state index contributed by atoms with van der Waals surface area (Å²) in [5.41, 5.74) is 2.27. The zero-order chi connectivity index (χ0) is 10.1. The van der Waals surface area contributed by atoms with Crippen molar-refractivity contribution < 1.29 is 9.53 Å². The smallest absolute Gasteiger partial charge is 0.407 e. The average Bonchev–Trinajstić information content (AvgIpc) is 2.56. The summed E-state index contributed by atoms with van der Waals surface area (Å²) < 4.78 is 6.26. The van der Waals surface area contributed by atoms with Crippen molar-refractivity contribution in [2.45, 2.75) is 13.0 Å². The van der Waals surface area contributed by atoms with Gasteiger partial charge in [0.05, 0.1) is 6.54 Å². The first-order chi connectivity index (χ1) is 6.66. The monoisotopic (exact) mass is 303 g/mol. The number of aryl methyl sites for hydroxylation is 1. The molecule has 74 valence electrons. The molecule has 0 saturated carbocycles. The van der Waals surface area contributed by atoms with E-state index in [1.165, 1.54) is 5.56 Å². The molecule has 1 aliphatic rings. The first kappa shape index (κ1) is 9.76. The Labute approximate surface area is 96.0 Å². The molecule has 1 aromatic rings. The second kappa shape index (κ2) is 3.76. The van der Waals surface area contributed by atoms with Gasteiger partial charge in [0.1, 0.15) is 6.10 Å². The lowest BCUT2D eigenvalue weighted by Crippen LogP contribution is -2.12. The van der Waals surface area contributed by atoms with Crippen LogP contribution >= 0.6 is 22.6 Å². The van der Waals surface area contributed by atoms with Gasteiger partial charge in [0.25, 0.3) is 0 Å². The van der Waals surface area contributed by atoms with E-state index in [0.29, 0.717) is 6.54 Å². The lowest BCUT2D eigenvalue weighted by atomic mass is 10.1. The highest BCUT2D eigenvalue weighted by Gasteiger charge is 2.25. The number of nitrogens with one attached hydrogen (secondary N) is 1. The van der Waals surface area contributed by atoms with Crippen molar-refractivity contribution in [2.75, 3.05) is 6.54 Å². The fourth-order valence-corrected chi connectivity index (χ4v) is 2.15. The lowest BCUT2D eigenvalue weighted by Gasteiger charge is -2.10. The van der Waals surface area contributed by atoms with E-state index in [2.05, 4.69) is 40.0 Å². The van der Waals surface area contributed by atoms with Crippen molar-refractivity contribution in [1.82, 2.24) is 5.32 Å². The normalized spacial score (nSPS) is 20.4. The van der Waals surface area contributed by atoms with Gasteiger partial charge in [-0.05, 0) is 35.6 Å². The minimum atomic E-state index is -0.327. The summed E-state index contributed by atoms with van der Waals surface area (Å²) in [5.74, 6) is 0. The number of carbonyl (C=O) groups is 1. The van der Waals surface area contributed by atoms with Crippen molar-refractivity contribution in [2.24, 2.45) is 0 Å². The van der Waals surface area contributed by atoms with Gasteiger partial charge in [-0.3, -0.25) is 0 Å². The van der Waals surface area contributed by atoms with Gasteiger partial charge in [-0.25, -0.2) is 4.79 Å². The van der Waals surface area contributed by atoms with Gasteiger partial charge in [0.2, 0.25) is 0 Å². The fraction of sp³-hybridized carbons (Fsp3) is 0.300. The number of ether oxygens (including phenoxy) is 1. The maximum Gasteiger partial charge on any atom is 0.407 e. The maximum atomic E-state index is 10.9. The molecule has 3 nitrogen and oxygen atoms in total. The van der Waals surface area contributed by atoms with Crippen LogP contribution in [0.2, 0.25) is 0 Å². The molecule has 0 radical (unpaired) electrons. The molecule has 1 saturated heterocycles. The number of alkyl carbamates (subject to hydrolysis) is 1. The number of cyclic esters (lactones) is 1. The van der Waals surface area contributed by atoms with Crippen LogP contribution in [0.5, 0.6) is 0 Å². The number of benzene rings is 1. The molecule has 4 heteroatoms. The highest BCUT2D eigenvalue weighted by atomic mass is 127. The minimum absolute atomic E-state index is 0.130. The largest absolute Gasteiger partial charge is 0.439 e. The molecule has 1 amide bonds. The van der Waals surface area contributed by atoms with Crippen LogP contribution in [0.15, 0.2) is 18.2 Å². The van der Waals surface area contributed by atoms with Crippen LogP contribution in [0, 0.1) is 10.5 Å². The number of hydrogen-bond donors (Lipinski definition) is 1. The summed E-state index contributed by atoms with van der Waals surface area (Å²) in [7, 11) is 0. The molecule has 0 spiro atoms. The number of carbonyl (C=O) groups excluding carboxylic acids is 1. The third kappa shape index (κ3) is 1.84. The number of rotatable bonds is 1. The molecule has 1 heterocycles. The molecule has 0 bridgehead atoms. The highest BCUT2D eigenvalue weighted by molar-refractivity contribution is 14.1. The molecule has 0 aromatic heterocycles. The number of amides is 1. The Morgan fingerprint density at radius 2 is 2.36 bits per heavy atom. The molecular weight excluding hydrogens is 293 g/mol. The van der Waals surface area contributed by atoms with Crippen molar-refractivity contribution in [3.05, 3.63) is 32.9 Å². The predicted octanol–water partition coefficient (Wildman–Crippen LogP) is 2.38. The average molecular weight is 303 g/mol. The quantitative estimate of drug-likeness (QED) is 0.809. The van der Waals surface area contributed by atoms with Gasteiger partial charge >= 0.3 is 6.09 Å². The van der Waals surface area contributed by atoms with Crippen LogP contribution in [-0.4, -0.2) is 12.6 Å². The molecular formula is C10H10INO2. The maximum absolute atomic E-state index is 10.9. The predicted molar refractivity (Wildman–Crippen MR) is 61.1 cm³/mol. The van der Waals surface area contributed by atoms with Gasteiger partial charge in [0, 0.05) is 9.13 Å². The highest BCUT2D eigenvalue weighted by Crippen LogP contribution is 2.26. The molecule has 2 rings (SSSR count). The van der Waals surface area contributed by atoms with E-state index in [4.69, 9.17) is 4.74 Å². The zero-order valence-corrected chi connectivity index (χ0v) is 9.87. The first-order valence-corrected chi connectivity index (χ1v) is 5.45. The van der Waals surface area contributed by atoms with Crippen LogP contribution in [0.25, 0.3) is 0 Å². The Hall–Kier alpha value is -0.780. The summed E-state index contributed by atoms with van der Waals surface area (Å²) in [6, 6.07) is 6.15. The third-order valence-electron chi connectivity index (χ3n) is 2.18. The van der Waals surface area contributed by atoms with E-state index in [1.54, 1.807) is 0 Å². The molecule has 1 atom stereocenters. The van der Waals surface area contributed by atoms with Gasteiger partial charge < -0.3 is 10.1 Å². The molecule has 14 heavy (non-hydrogen) atoms. The lowest BCUT2D eigenvalue weighted by molar-refractivity contribution is 0.140. The number of hydrogen-bond acceptors (Lipinski definition) is 2. The van der Waals surface area contributed by atoms with Gasteiger partial charge in [-0.2, -0.15) is 0 Å². The molecule has 1 unspecified atom stereocenters. The van der Waals surface area contributed by atoms with Crippen molar-refractivity contribution in [3.8, 4) is 0 Å². The molecule has 1 aliphatic heterocycles. The minimum Gasteiger partial charge on any atom is -0.439 e. The molecule has 1 N–H and O–H groups in total. The Bertz CT molecular complexity index is 378. The van der Waals surface area contributed by atoms with Crippen molar-refractivity contribution >= 4 is 28.7 Å². The zero-order valence-electron chi connectivity index (χ0n) is 7.71. The van der Waals surface area contributed by atoms with E-state index >= 15 is 0 Å². The Morgan fingerprint density at radius 3 is 3.00 bits per heavy atom. The van der Waals surface area contributed by atoms with E-state index in [0.717, 1.165) is 9.13 Å². The second-order valence-electron chi connectivity index (χ2n) is 3.30. The molecule has 1 aromatic carbocycles. The SMILES string of the molecule is Cc1ccc(I)c(C2CNC(=O)O2)c1. The van der Waals surface area contributed by atoms with Crippen LogP contribution < -0.4 is 5.32 Å². The van der Waals surface area contributed by atoms with E-state index in [1.807, 2.05) is 13.0 Å². The van der Waals surface area contributed by atoms with E-state index < -0.39 is 0 Å².